The summed E-state index contributed by atoms with van der Waals surface area (Å²) in [5.41, 5.74) is 0.924. The summed E-state index contributed by atoms with van der Waals surface area (Å²) < 4.78 is 0. The highest BCUT2D eigenvalue weighted by Crippen LogP contribution is 2.08. The maximum atomic E-state index is 9.07. The van der Waals surface area contributed by atoms with Crippen LogP contribution in [0.4, 0.5) is 0 Å². The first kappa shape index (κ1) is 13.4. The van der Waals surface area contributed by atoms with Crippen LogP contribution < -0.4 is 0 Å². The number of rotatable bonds is 4. The van der Waals surface area contributed by atoms with Gasteiger partial charge in [0.25, 0.3) is 0 Å². The molecule has 0 aliphatic carbocycles. The Morgan fingerprint density at radius 3 is 2.62 bits per heavy atom. The van der Waals surface area contributed by atoms with Crippen LogP contribution >= 0.6 is 23.4 Å². The van der Waals surface area contributed by atoms with Crippen molar-refractivity contribution in [3.8, 4) is 11.8 Å². The summed E-state index contributed by atoms with van der Waals surface area (Å²) in [7, 11) is 0. The summed E-state index contributed by atoms with van der Waals surface area (Å²) in [4.78, 5) is 0. The molecule has 1 atom stereocenters. The van der Waals surface area contributed by atoms with Gasteiger partial charge in [-0.15, -0.1) is 11.8 Å². The van der Waals surface area contributed by atoms with Gasteiger partial charge in [0.2, 0.25) is 0 Å². The molecule has 2 N–H and O–H groups in total. The highest BCUT2D eigenvalue weighted by Gasteiger charge is 1.99. The Morgan fingerprint density at radius 2 is 2.00 bits per heavy atom. The molecular weight excluding hydrogens is 244 g/mol. The van der Waals surface area contributed by atoms with E-state index in [1.54, 1.807) is 12.1 Å². The van der Waals surface area contributed by atoms with Crippen LogP contribution in [0.15, 0.2) is 24.3 Å². The van der Waals surface area contributed by atoms with Crippen LogP contribution in [0.25, 0.3) is 0 Å². The van der Waals surface area contributed by atoms with Gasteiger partial charge in [-0.1, -0.05) is 23.4 Å². The van der Waals surface area contributed by atoms with E-state index in [9.17, 15) is 0 Å². The van der Waals surface area contributed by atoms with E-state index in [2.05, 4.69) is 11.8 Å². The van der Waals surface area contributed by atoms with Gasteiger partial charge in [-0.05, 0) is 24.3 Å². The maximum Gasteiger partial charge on any atom is 0.0861 e. The summed E-state index contributed by atoms with van der Waals surface area (Å²) in [6, 6.07) is 7.33. The zero-order chi connectivity index (χ0) is 11.8. The summed E-state index contributed by atoms with van der Waals surface area (Å²) in [6.07, 6.45) is -0.651. The Kier molecular flexibility index (Phi) is 6.36. The molecule has 0 aromatic heterocycles. The molecule has 0 spiro atoms. The molecule has 2 nitrogen and oxygen atoms in total. The first-order valence-electron chi connectivity index (χ1n) is 4.83. The average molecular weight is 257 g/mol. The monoisotopic (exact) mass is 256 g/mol. The zero-order valence-electron chi connectivity index (χ0n) is 8.69. The predicted octanol–water partition coefficient (Wildman–Crippen LogP) is 1.78. The van der Waals surface area contributed by atoms with Gasteiger partial charge in [0, 0.05) is 16.3 Å². The number of thioether (sulfide) groups is 1. The van der Waals surface area contributed by atoms with Crippen LogP contribution in [0.5, 0.6) is 0 Å². The first-order valence-corrected chi connectivity index (χ1v) is 6.36. The molecule has 86 valence electrons. The number of aliphatic hydroxyl groups is 2. The van der Waals surface area contributed by atoms with Crippen LogP contribution in [-0.2, 0) is 0 Å². The van der Waals surface area contributed by atoms with Crippen molar-refractivity contribution in [3.05, 3.63) is 34.9 Å². The van der Waals surface area contributed by atoms with Crippen molar-refractivity contribution in [2.45, 2.75) is 6.10 Å². The average Bonchev–Trinajstić information content (AvgIpc) is 2.31. The lowest BCUT2D eigenvalue weighted by molar-refractivity contribution is 0.113. The third-order valence-electron chi connectivity index (χ3n) is 1.77. The highest BCUT2D eigenvalue weighted by molar-refractivity contribution is 7.99. The molecule has 4 heteroatoms. The topological polar surface area (TPSA) is 40.5 Å². The van der Waals surface area contributed by atoms with Crippen LogP contribution in [0.1, 0.15) is 5.56 Å². The van der Waals surface area contributed by atoms with Gasteiger partial charge >= 0.3 is 0 Å². The van der Waals surface area contributed by atoms with Crippen molar-refractivity contribution in [2.75, 3.05) is 18.1 Å². The lowest BCUT2D eigenvalue weighted by Gasteiger charge is -2.02. The van der Waals surface area contributed by atoms with Gasteiger partial charge in [0.15, 0.2) is 0 Å². The second-order valence-electron chi connectivity index (χ2n) is 3.16. The lowest BCUT2D eigenvalue weighted by atomic mass is 10.2. The molecule has 0 bridgehead atoms. The number of benzene rings is 1. The van der Waals surface area contributed by atoms with E-state index < -0.39 is 6.10 Å². The van der Waals surface area contributed by atoms with Gasteiger partial charge in [-0.3, -0.25) is 0 Å². The third kappa shape index (κ3) is 5.43. The molecule has 0 unspecified atom stereocenters. The molecule has 0 fully saturated rings. The van der Waals surface area contributed by atoms with Crippen molar-refractivity contribution in [2.24, 2.45) is 0 Å². The molecule has 0 aliphatic rings. The van der Waals surface area contributed by atoms with E-state index in [1.807, 2.05) is 12.1 Å². The second kappa shape index (κ2) is 7.59. The minimum atomic E-state index is -0.651. The Hall–Kier alpha value is -0.660. The summed E-state index contributed by atoms with van der Waals surface area (Å²) in [6.45, 7) is -0.197. The highest BCUT2D eigenvalue weighted by atomic mass is 35.5. The molecule has 0 saturated heterocycles. The van der Waals surface area contributed by atoms with Crippen molar-refractivity contribution in [1.82, 2.24) is 0 Å². The fraction of sp³-hybridized carbons (Fsp3) is 0.333. The molecule has 16 heavy (non-hydrogen) atoms. The molecule has 0 radical (unpaired) electrons. The smallest absolute Gasteiger partial charge is 0.0861 e. The normalized spacial score (nSPS) is 11.7. The fourth-order valence-electron chi connectivity index (χ4n) is 0.970. The lowest BCUT2D eigenvalue weighted by Crippen LogP contribution is -2.14. The number of hydrogen-bond donors (Lipinski definition) is 2. The van der Waals surface area contributed by atoms with E-state index in [1.165, 1.54) is 11.8 Å². The van der Waals surface area contributed by atoms with Crippen molar-refractivity contribution >= 4 is 23.4 Å². The van der Waals surface area contributed by atoms with Gasteiger partial charge in [-0.25, -0.2) is 0 Å². The molecule has 1 rings (SSSR count). The molecule has 0 heterocycles. The summed E-state index contributed by atoms with van der Waals surface area (Å²) in [5.74, 6) is 7.11. The van der Waals surface area contributed by atoms with Crippen LogP contribution in [0.2, 0.25) is 5.02 Å². The van der Waals surface area contributed by atoms with Crippen molar-refractivity contribution in [3.63, 3.8) is 0 Å². The first-order chi connectivity index (χ1) is 7.72. The molecular formula is C12H13ClO2S. The summed E-state index contributed by atoms with van der Waals surface area (Å²) in [5, 5.41) is 18.4. The minimum Gasteiger partial charge on any atom is -0.394 e. The number of hydrogen-bond acceptors (Lipinski definition) is 3. The number of halogens is 1. The Bertz CT molecular complexity index is 367. The van der Waals surface area contributed by atoms with Gasteiger partial charge < -0.3 is 10.2 Å². The fourth-order valence-corrected chi connectivity index (χ4v) is 1.77. The number of aliphatic hydroxyl groups excluding tert-OH is 2. The third-order valence-corrected chi connectivity index (χ3v) is 2.99. The van der Waals surface area contributed by atoms with Gasteiger partial charge in [0.1, 0.15) is 0 Å². The predicted molar refractivity (Wildman–Crippen MR) is 68.7 cm³/mol. The molecule has 0 amide bonds. The summed E-state index contributed by atoms with van der Waals surface area (Å²) >= 11 is 7.24. The van der Waals surface area contributed by atoms with Crippen molar-refractivity contribution in [1.29, 1.82) is 0 Å². The van der Waals surface area contributed by atoms with Crippen LogP contribution in [-0.4, -0.2) is 34.4 Å². The Balaban J connectivity index is 2.30. The molecule has 0 aliphatic heterocycles. The minimum absolute atomic E-state index is 0.197. The Morgan fingerprint density at radius 1 is 1.31 bits per heavy atom. The molecule has 1 aromatic carbocycles. The van der Waals surface area contributed by atoms with E-state index in [0.29, 0.717) is 16.5 Å². The second-order valence-corrected chi connectivity index (χ2v) is 4.63. The maximum absolute atomic E-state index is 9.07. The van der Waals surface area contributed by atoms with Crippen LogP contribution in [0, 0.1) is 11.8 Å². The van der Waals surface area contributed by atoms with E-state index >= 15 is 0 Å². The van der Waals surface area contributed by atoms with Crippen LogP contribution in [0.3, 0.4) is 0 Å². The van der Waals surface area contributed by atoms with Gasteiger partial charge in [-0.2, -0.15) is 0 Å². The van der Waals surface area contributed by atoms with E-state index in [0.717, 1.165) is 5.56 Å². The van der Waals surface area contributed by atoms with E-state index in [4.69, 9.17) is 21.8 Å². The SMILES string of the molecule is OC[C@@H](O)CSCC#Cc1ccc(Cl)cc1. The quantitative estimate of drug-likeness (QED) is 0.637. The van der Waals surface area contributed by atoms with Crippen molar-refractivity contribution < 1.29 is 10.2 Å². The standard InChI is InChI=1S/C12H13ClO2S/c13-11-5-3-10(4-6-11)2-1-7-16-9-12(15)8-14/h3-6,12,14-15H,7-9H2/t12-/m1/s1. The van der Waals surface area contributed by atoms with E-state index in [-0.39, 0.29) is 6.61 Å². The molecule has 1 aromatic rings. The zero-order valence-corrected chi connectivity index (χ0v) is 10.3. The Labute approximate surface area is 105 Å². The largest absolute Gasteiger partial charge is 0.394 e. The van der Waals surface area contributed by atoms with Gasteiger partial charge in [0.05, 0.1) is 18.5 Å². The molecule has 0 saturated carbocycles.